The maximum Gasteiger partial charge on any atom is 0.237 e. The van der Waals surface area contributed by atoms with Gasteiger partial charge < -0.3 is 10.6 Å². The van der Waals surface area contributed by atoms with Crippen LogP contribution in [0.5, 0.6) is 0 Å². The van der Waals surface area contributed by atoms with Crippen LogP contribution < -0.4 is 10.6 Å². The Morgan fingerprint density at radius 3 is 2.31 bits per heavy atom. The largest absolute Gasteiger partial charge is 0.358 e. The summed E-state index contributed by atoms with van der Waals surface area (Å²) in [6.45, 7) is 2.19. The van der Waals surface area contributed by atoms with Crippen molar-refractivity contribution in [1.29, 1.82) is 0 Å². The lowest BCUT2D eigenvalue weighted by molar-refractivity contribution is -0.125. The van der Waals surface area contributed by atoms with E-state index in [4.69, 9.17) is 0 Å². The zero-order valence-electron chi connectivity index (χ0n) is 10.7. The Morgan fingerprint density at radius 2 is 1.88 bits per heavy atom. The summed E-state index contributed by atoms with van der Waals surface area (Å²) in [5.41, 5.74) is 0. The molecule has 0 aliphatic rings. The van der Waals surface area contributed by atoms with E-state index in [2.05, 4.69) is 10.6 Å². The Morgan fingerprint density at radius 1 is 1.25 bits per heavy atom. The third-order valence-electron chi connectivity index (χ3n) is 2.45. The predicted molar refractivity (Wildman–Crippen MR) is 64.1 cm³/mol. The molecule has 0 aliphatic heterocycles. The minimum atomic E-state index is -0.0812. The zero-order valence-corrected chi connectivity index (χ0v) is 10.7. The Bertz CT molecular complexity index is 229. The van der Waals surface area contributed by atoms with Crippen LogP contribution in [0.3, 0.4) is 0 Å². The molecule has 0 bridgehead atoms. The van der Waals surface area contributed by atoms with Crippen LogP contribution in [-0.4, -0.2) is 50.4 Å². The van der Waals surface area contributed by atoms with Crippen molar-refractivity contribution in [2.45, 2.75) is 32.2 Å². The predicted octanol–water partition coefficient (Wildman–Crippen LogP) is -0.0310. The van der Waals surface area contributed by atoms with Gasteiger partial charge in [0.2, 0.25) is 11.8 Å². The molecule has 0 aromatic rings. The molecule has 94 valence electrons. The standard InChI is InChI=1S/C11H23N3O2/c1-9(15)13-8-6-5-7-10(14(3)4)11(16)12-2/h10H,5-8H2,1-4H3,(H,12,16)(H,13,15)/i2+1,14+1. The number of likely N-dealkylation sites (N-methyl/N-ethyl adjacent to an activating group) is 2. The van der Waals surface area contributed by atoms with Gasteiger partial charge in [-0.05, 0) is 33.4 Å². The molecule has 5 nitrogen and oxygen atoms in total. The monoisotopic (exact) mass is 231 g/mol. The first-order valence-corrected chi connectivity index (χ1v) is 5.61. The van der Waals surface area contributed by atoms with Gasteiger partial charge in [-0.15, -0.1) is 0 Å². The second kappa shape index (κ2) is 8.10. The van der Waals surface area contributed by atoms with Gasteiger partial charge in [-0.25, -0.2) is 0 Å². The highest BCUT2D eigenvalue weighted by Gasteiger charge is 2.18. The molecule has 2 amide bonds. The van der Waals surface area contributed by atoms with Crippen molar-refractivity contribution in [2.24, 2.45) is 0 Å². The number of nitrogens with zero attached hydrogens (tertiary/aromatic N) is 1. The second-order valence-electron chi connectivity index (χ2n) is 4.07. The van der Waals surface area contributed by atoms with Crippen molar-refractivity contribution in [3.63, 3.8) is 0 Å². The minimum absolute atomic E-state index is 0.00420. The molecule has 0 heterocycles. The van der Waals surface area contributed by atoms with Crippen LogP contribution in [0.2, 0.25) is 0 Å². The third-order valence-corrected chi connectivity index (χ3v) is 2.45. The smallest absolute Gasteiger partial charge is 0.237 e. The molecule has 0 aliphatic carbocycles. The Kier molecular flexibility index (Phi) is 7.54. The molecule has 0 fully saturated rings. The molecule has 16 heavy (non-hydrogen) atoms. The molecule has 1 atom stereocenters. The number of nitrogens with one attached hydrogen (secondary N) is 2. The van der Waals surface area contributed by atoms with Gasteiger partial charge in [-0.2, -0.15) is 0 Å². The minimum Gasteiger partial charge on any atom is -0.358 e. The van der Waals surface area contributed by atoms with Crippen molar-refractivity contribution >= 4 is 11.8 Å². The normalized spacial score (nSPS) is 12.3. The van der Waals surface area contributed by atoms with Gasteiger partial charge in [-0.1, -0.05) is 0 Å². The Hall–Kier alpha value is -1.10. The summed E-state index contributed by atoms with van der Waals surface area (Å²) >= 11 is 0. The molecule has 2 N–H and O–H groups in total. The SMILES string of the molecule is CC(=O)NCCCCC(C(=O)N[13CH3])[15N](C)C. The summed E-state index contributed by atoms with van der Waals surface area (Å²) in [6.07, 6.45) is 2.64. The molecule has 1 unspecified atom stereocenters. The summed E-state index contributed by atoms with van der Waals surface area (Å²) < 4.78 is 0. The summed E-state index contributed by atoms with van der Waals surface area (Å²) in [7, 11) is 5.44. The van der Waals surface area contributed by atoms with Crippen LogP contribution in [0.1, 0.15) is 26.2 Å². The van der Waals surface area contributed by atoms with E-state index in [1.165, 1.54) is 6.92 Å². The van der Waals surface area contributed by atoms with Crippen LogP contribution in [0.25, 0.3) is 0 Å². The maximum absolute atomic E-state index is 11.5. The summed E-state index contributed by atoms with van der Waals surface area (Å²) in [5, 5.41) is 5.39. The molecule has 0 radical (unpaired) electrons. The first kappa shape index (κ1) is 14.9. The third kappa shape index (κ3) is 6.40. The highest BCUT2D eigenvalue weighted by molar-refractivity contribution is 5.81. The summed E-state index contributed by atoms with van der Waals surface area (Å²) in [4.78, 5) is 24.0. The number of amides is 2. The van der Waals surface area contributed by atoms with E-state index in [1.54, 1.807) is 7.05 Å². The van der Waals surface area contributed by atoms with Gasteiger partial charge in [-0.3, -0.25) is 14.5 Å². The van der Waals surface area contributed by atoms with Crippen molar-refractivity contribution in [3.8, 4) is 0 Å². The van der Waals surface area contributed by atoms with E-state index in [0.29, 0.717) is 6.54 Å². The quantitative estimate of drug-likeness (QED) is 0.367. The molecule has 0 aromatic carbocycles. The molecule has 0 spiro atoms. The van der Waals surface area contributed by atoms with Crippen LogP contribution in [-0.2, 0) is 9.59 Å². The van der Waals surface area contributed by atoms with E-state index >= 15 is 0 Å². The number of rotatable bonds is 7. The highest BCUT2D eigenvalue weighted by Crippen LogP contribution is 2.05. The van der Waals surface area contributed by atoms with E-state index in [0.717, 1.165) is 19.3 Å². The number of hydrogen-bond donors (Lipinski definition) is 2. The number of carbonyl (C=O) groups excluding carboxylic acids is 2. The van der Waals surface area contributed by atoms with Crippen LogP contribution in [0, 0.1) is 0 Å². The van der Waals surface area contributed by atoms with Crippen molar-refractivity contribution in [3.05, 3.63) is 0 Å². The molecule has 0 saturated carbocycles. The van der Waals surface area contributed by atoms with Crippen molar-refractivity contribution in [2.75, 3.05) is 27.7 Å². The Labute approximate surface area is 97.6 Å². The van der Waals surface area contributed by atoms with Crippen molar-refractivity contribution < 1.29 is 9.59 Å². The molecule has 0 saturated heterocycles. The number of unbranched alkanes of at least 4 members (excludes halogenated alkanes) is 1. The van der Waals surface area contributed by atoms with E-state index in [9.17, 15) is 9.59 Å². The summed E-state index contributed by atoms with van der Waals surface area (Å²) in [6, 6.07) is -0.0812. The lowest BCUT2D eigenvalue weighted by Gasteiger charge is -2.22. The van der Waals surface area contributed by atoms with Gasteiger partial charge in [0.25, 0.3) is 0 Å². The molecule has 5 heteroatoms. The topological polar surface area (TPSA) is 61.4 Å². The molecular weight excluding hydrogens is 208 g/mol. The fraction of sp³-hybridized carbons (Fsp3) is 0.818. The number of carbonyl (C=O) groups is 2. The average Bonchev–Trinajstić information content (AvgIpc) is 2.21. The van der Waals surface area contributed by atoms with Gasteiger partial charge in [0, 0.05) is 20.5 Å². The fourth-order valence-electron chi connectivity index (χ4n) is 1.52. The van der Waals surface area contributed by atoms with E-state index in [1.807, 2.05) is 19.0 Å². The highest BCUT2D eigenvalue weighted by atomic mass is 16.2. The van der Waals surface area contributed by atoms with Crippen LogP contribution in [0.4, 0.5) is 0 Å². The van der Waals surface area contributed by atoms with Gasteiger partial charge in [0.1, 0.15) is 0 Å². The van der Waals surface area contributed by atoms with E-state index < -0.39 is 0 Å². The molecule has 0 rings (SSSR count). The van der Waals surface area contributed by atoms with Crippen molar-refractivity contribution in [1.82, 2.24) is 15.5 Å². The zero-order chi connectivity index (χ0) is 12.6. The van der Waals surface area contributed by atoms with Gasteiger partial charge in [0.15, 0.2) is 0 Å². The van der Waals surface area contributed by atoms with Crippen LogP contribution >= 0.6 is 0 Å². The first-order valence-electron chi connectivity index (χ1n) is 5.61. The first-order chi connectivity index (χ1) is 7.49. The molecule has 0 aromatic heterocycles. The second-order valence-corrected chi connectivity index (χ2v) is 4.07. The maximum atomic E-state index is 11.5. The van der Waals surface area contributed by atoms with Crippen LogP contribution in [0.15, 0.2) is 0 Å². The molecular formula is C11H23N3O2. The van der Waals surface area contributed by atoms with Gasteiger partial charge >= 0.3 is 0 Å². The van der Waals surface area contributed by atoms with E-state index in [-0.39, 0.29) is 17.9 Å². The summed E-state index contributed by atoms with van der Waals surface area (Å²) in [5.74, 6) is 0.0417. The number of hydrogen-bond acceptors (Lipinski definition) is 3. The average molecular weight is 231 g/mol. The lowest BCUT2D eigenvalue weighted by Crippen LogP contribution is -2.42. The van der Waals surface area contributed by atoms with Gasteiger partial charge in [0.05, 0.1) is 6.04 Å². The lowest BCUT2D eigenvalue weighted by atomic mass is 10.1. The fourth-order valence-corrected chi connectivity index (χ4v) is 1.52. The Balaban J connectivity index is 3.77.